The summed E-state index contributed by atoms with van der Waals surface area (Å²) in [6.07, 6.45) is 6.25. The molecule has 0 radical (unpaired) electrons. The molecule has 2 aromatic rings. The number of rotatable bonds is 5. The lowest BCUT2D eigenvalue weighted by Crippen LogP contribution is -2.43. The van der Waals surface area contributed by atoms with Gasteiger partial charge in [-0.25, -0.2) is 9.78 Å². The fourth-order valence-corrected chi connectivity index (χ4v) is 3.41. The molecule has 0 spiro atoms. The van der Waals surface area contributed by atoms with Crippen molar-refractivity contribution >= 4 is 6.03 Å². The van der Waals surface area contributed by atoms with E-state index in [1.807, 2.05) is 40.9 Å². The van der Waals surface area contributed by atoms with Crippen LogP contribution in [0.1, 0.15) is 43.6 Å². The molecule has 2 amide bonds. The average Bonchev–Trinajstić information content (AvgIpc) is 3.07. The fourth-order valence-electron chi connectivity index (χ4n) is 3.41. The molecule has 0 fully saturated rings. The van der Waals surface area contributed by atoms with Crippen molar-refractivity contribution in [2.75, 3.05) is 20.3 Å². The quantitative estimate of drug-likeness (QED) is 0.875. The van der Waals surface area contributed by atoms with Gasteiger partial charge in [-0.3, -0.25) is 0 Å². The van der Waals surface area contributed by atoms with Crippen LogP contribution in [0.4, 0.5) is 4.79 Å². The zero-order valence-electron chi connectivity index (χ0n) is 16.3. The van der Waals surface area contributed by atoms with Crippen LogP contribution >= 0.6 is 0 Å². The lowest BCUT2D eigenvalue weighted by Gasteiger charge is -2.29. The molecule has 1 atom stereocenters. The van der Waals surface area contributed by atoms with E-state index in [1.165, 1.54) is 0 Å². The Kier molecular flexibility index (Phi) is 6.21. The number of aromatic nitrogens is 2. The maximum atomic E-state index is 13.0. The summed E-state index contributed by atoms with van der Waals surface area (Å²) in [6.45, 7) is 3.78. The predicted octanol–water partition coefficient (Wildman–Crippen LogP) is 3.26. The first-order valence-electron chi connectivity index (χ1n) is 9.45. The molecule has 1 N–H and O–H groups in total. The number of para-hydroxylation sites is 1. The van der Waals surface area contributed by atoms with E-state index in [2.05, 4.69) is 17.2 Å². The van der Waals surface area contributed by atoms with Gasteiger partial charge in [-0.2, -0.15) is 0 Å². The van der Waals surface area contributed by atoms with E-state index in [0.717, 1.165) is 36.4 Å². The Hall–Kier alpha value is -2.70. The van der Waals surface area contributed by atoms with Crippen molar-refractivity contribution in [3.63, 3.8) is 0 Å². The molecule has 146 valence electrons. The summed E-state index contributed by atoms with van der Waals surface area (Å²) in [4.78, 5) is 19.3. The minimum atomic E-state index is -0.103. The zero-order chi connectivity index (χ0) is 19.2. The van der Waals surface area contributed by atoms with Crippen LogP contribution in [0.25, 0.3) is 0 Å². The number of methoxy groups -OCH3 is 1. The summed E-state index contributed by atoms with van der Waals surface area (Å²) in [5.74, 6) is 2.31. The number of benzene rings is 1. The topological polar surface area (TPSA) is 68.6 Å². The minimum absolute atomic E-state index is 0.0767. The van der Waals surface area contributed by atoms with Gasteiger partial charge in [-0.1, -0.05) is 25.5 Å². The summed E-state index contributed by atoms with van der Waals surface area (Å²) < 4.78 is 13.2. The van der Waals surface area contributed by atoms with Crippen LogP contribution in [0, 0.1) is 0 Å². The van der Waals surface area contributed by atoms with Gasteiger partial charge in [0.15, 0.2) is 11.5 Å². The molecule has 0 aliphatic carbocycles. The molecule has 1 aliphatic heterocycles. The first-order valence-corrected chi connectivity index (χ1v) is 9.45. The summed E-state index contributed by atoms with van der Waals surface area (Å²) in [6, 6.07) is 5.60. The van der Waals surface area contributed by atoms with Crippen molar-refractivity contribution in [1.82, 2.24) is 19.8 Å². The van der Waals surface area contributed by atoms with E-state index in [4.69, 9.17) is 9.47 Å². The number of carbonyl (C=O) groups is 1. The van der Waals surface area contributed by atoms with Crippen molar-refractivity contribution in [2.24, 2.45) is 7.05 Å². The third kappa shape index (κ3) is 4.35. The predicted molar refractivity (Wildman–Crippen MR) is 103 cm³/mol. The van der Waals surface area contributed by atoms with E-state index in [1.54, 1.807) is 13.3 Å². The van der Waals surface area contributed by atoms with Crippen molar-refractivity contribution in [3.8, 4) is 11.5 Å². The van der Waals surface area contributed by atoms with Gasteiger partial charge in [0.2, 0.25) is 0 Å². The van der Waals surface area contributed by atoms with Crippen LogP contribution in [0.2, 0.25) is 0 Å². The molecule has 7 heteroatoms. The first kappa shape index (κ1) is 19.1. The van der Waals surface area contributed by atoms with Gasteiger partial charge >= 0.3 is 6.03 Å². The molecular weight excluding hydrogens is 344 g/mol. The highest BCUT2D eigenvalue weighted by Gasteiger charge is 2.24. The lowest BCUT2D eigenvalue weighted by molar-refractivity contribution is 0.175. The van der Waals surface area contributed by atoms with Crippen LogP contribution in [0.3, 0.4) is 0 Å². The number of hydrogen-bond acceptors (Lipinski definition) is 4. The van der Waals surface area contributed by atoms with Crippen LogP contribution in [-0.2, 0) is 13.6 Å². The molecule has 27 heavy (non-hydrogen) atoms. The van der Waals surface area contributed by atoms with Crippen LogP contribution < -0.4 is 14.8 Å². The molecule has 1 aliphatic rings. The number of carbonyl (C=O) groups excluding carboxylic acids is 1. The number of imidazole rings is 1. The smallest absolute Gasteiger partial charge is 0.318 e. The summed E-state index contributed by atoms with van der Waals surface area (Å²) in [5.41, 5.74) is 0.952. The number of ether oxygens (including phenoxy) is 2. The standard InChI is InChI=1S/C20H28N4O3/c1-4-7-16(19-21-10-12-23(19)2)22-20(25)24-11-6-13-27-18-15(14-24)8-5-9-17(18)26-3/h5,8-10,12,16H,4,6-7,11,13-14H2,1-3H3,(H,22,25)/t16-/m0/s1. The first-order chi connectivity index (χ1) is 13.1. The zero-order valence-corrected chi connectivity index (χ0v) is 16.3. The number of fused-ring (bicyclic) bond motifs is 1. The van der Waals surface area contributed by atoms with E-state index in [0.29, 0.717) is 25.4 Å². The number of hydrogen-bond donors (Lipinski definition) is 1. The molecule has 0 saturated carbocycles. The average molecular weight is 372 g/mol. The highest BCUT2D eigenvalue weighted by atomic mass is 16.5. The third-order valence-electron chi connectivity index (χ3n) is 4.79. The SMILES string of the molecule is CCC[C@H](NC(=O)N1CCCOc2c(cccc2OC)C1)c1nccn1C. The van der Waals surface area contributed by atoms with Gasteiger partial charge in [0.1, 0.15) is 5.82 Å². The van der Waals surface area contributed by atoms with Gasteiger partial charge < -0.3 is 24.3 Å². The Morgan fingerprint density at radius 3 is 3.00 bits per heavy atom. The summed E-state index contributed by atoms with van der Waals surface area (Å²) >= 11 is 0. The maximum Gasteiger partial charge on any atom is 0.318 e. The number of aryl methyl sites for hydroxylation is 1. The second-order valence-electron chi connectivity index (χ2n) is 6.76. The Bertz CT molecular complexity index is 774. The third-order valence-corrected chi connectivity index (χ3v) is 4.79. The van der Waals surface area contributed by atoms with E-state index >= 15 is 0 Å². The van der Waals surface area contributed by atoms with Crippen molar-refractivity contribution in [1.29, 1.82) is 0 Å². The molecule has 2 heterocycles. The van der Waals surface area contributed by atoms with Crippen molar-refractivity contribution < 1.29 is 14.3 Å². The number of urea groups is 1. The van der Waals surface area contributed by atoms with Gasteiger partial charge in [-0.15, -0.1) is 0 Å². The van der Waals surface area contributed by atoms with Gasteiger partial charge in [0.25, 0.3) is 0 Å². The Balaban J connectivity index is 1.78. The van der Waals surface area contributed by atoms with Gasteiger partial charge in [0, 0.05) is 31.5 Å². The largest absolute Gasteiger partial charge is 0.493 e. The van der Waals surface area contributed by atoms with Crippen molar-refractivity contribution in [3.05, 3.63) is 42.0 Å². The Labute approximate surface area is 160 Å². The molecule has 1 aromatic heterocycles. The molecule has 3 rings (SSSR count). The monoisotopic (exact) mass is 372 g/mol. The van der Waals surface area contributed by atoms with Crippen LogP contribution in [-0.4, -0.2) is 40.7 Å². The van der Waals surface area contributed by atoms with Gasteiger partial charge in [0.05, 0.1) is 26.3 Å². The van der Waals surface area contributed by atoms with Crippen LogP contribution in [0.15, 0.2) is 30.6 Å². The molecular formula is C20H28N4O3. The molecule has 0 saturated heterocycles. The highest BCUT2D eigenvalue weighted by molar-refractivity contribution is 5.75. The summed E-state index contributed by atoms with van der Waals surface area (Å²) in [5, 5.41) is 3.17. The van der Waals surface area contributed by atoms with E-state index in [-0.39, 0.29) is 12.1 Å². The van der Waals surface area contributed by atoms with E-state index < -0.39 is 0 Å². The molecule has 0 bridgehead atoms. The van der Waals surface area contributed by atoms with Crippen molar-refractivity contribution in [2.45, 2.75) is 38.8 Å². The Morgan fingerprint density at radius 2 is 2.30 bits per heavy atom. The van der Waals surface area contributed by atoms with E-state index in [9.17, 15) is 4.79 Å². The number of nitrogens with one attached hydrogen (secondary N) is 1. The normalized spacial score (nSPS) is 15.1. The Morgan fingerprint density at radius 1 is 1.44 bits per heavy atom. The number of nitrogens with zero attached hydrogens (tertiary/aromatic N) is 3. The molecule has 7 nitrogen and oxygen atoms in total. The molecule has 0 unspecified atom stereocenters. The van der Waals surface area contributed by atoms with Crippen LogP contribution in [0.5, 0.6) is 11.5 Å². The second-order valence-corrected chi connectivity index (χ2v) is 6.76. The lowest BCUT2D eigenvalue weighted by atomic mass is 10.1. The highest BCUT2D eigenvalue weighted by Crippen LogP contribution is 2.33. The number of amides is 2. The maximum absolute atomic E-state index is 13.0. The van der Waals surface area contributed by atoms with Gasteiger partial charge in [-0.05, 0) is 18.9 Å². The fraction of sp³-hybridized carbons (Fsp3) is 0.500. The molecule has 1 aromatic carbocycles. The second kappa shape index (κ2) is 8.79. The summed E-state index contributed by atoms with van der Waals surface area (Å²) in [7, 11) is 3.58. The minimum Gasteiger partial charge on any atom is -0.493 e.